The number of rotatable bonds is 3. The fourth-order valence-electron chi connectivity index (χ4n) is 1.36. The lowest BCUT2D eigenvalue weighted by molar-refractivity contribution is -0.115. The van der Waals surface area contributed by atoms with Gasteiger partial charge in [-0.1, -0.05) is 18.2 Å². The summed E-state index contributed by atoms with van der Waals surface area (Å²) in [4.78, 5) is 23.1. The average molecular weight is 241 g/mol. The third-order valence-corrected chi connectivity index (χ3v) is 2.24. The van der Waals surface area contributed by atoms with Gasteiger partial charge in [-0.25, -0.2) is 0 Å². The Morgan fingerprint density at radius 3 is 2.56 bits per heavy atom. The standard InChI is InChI=1S/C14H11NO3/c16-13(7-6-11-8-9-18-10-11)15-14(17)12-4-2-1-3-5-12/h1-10H,(H,15,16,17)/b7-6+. The van der Waals surface area contributed by atoms with Gasteiger partial charge in [0.1, 0.15) is 0 Å². The van der Waals surface area contributed by atoms with Gasteiger partial charge in [-0.05, 0) is 24.3 Å². The SMILES string of the molecule is O=C(/C=C/c1ccoc1)NC(=O)c1ccccc1. The van der Waals surface area contributed by atoms with Crippen molar-refractivity contribution in [2.75, 3.05) is 0 Å². The number of carbonyl (C=O) groups is 2. The molecule has 1 aromatic heterocycles. The van der Waals surface area contributed by atoms with Crippen LogP contribution >= 0.6 is 0 Å². The maximum atomic E-state index is 11.6. The first-order chi connectivity index (χ1) is 8.75. The first-order valence-electron chi connectivity index (χ1n) is 5.36. The molecule has 0 saturated carbocycles. The Bertz CT molecular complexity index is 556. The molecule has 0 unspecified atom stereocenters. The molecule has 1 heterocycles. The van der Waals surface area contributed by atoms with Crippen LogP contribution in [0.25, 0.3) is 6.08 Å². The van der Waals surface area contributed by atoms with E-state index in [1.165, 1.54) is 18.6 Å². The summed E-state index contributed by atoms with van der Waals surface area (Å²) in [5.41, 5.74) is 1.21. The number of amides is 2. The minimum absolute atomic E-state index is 0.419. The molecule has 0 aliphatic carbocycles. The lowest BCUT2D eigenvalue weighted by Crippen LogP contribution is -2.28. The Balaban J connectivity index is 1.94. The molecule has 4 nitrogen and oxygen atoms in total. The van der Waals surface area contributed by atoms with E-state index < -0.39 is 11.8 Å². The summed E-state index contributed by atoms with van der Waals surface area (Å²) in [5, 5.41) is 2.26. The van der Waals surface area contributed by atoms with Gasteiger partial charge in [-0.2, -0.15) is 0 Å². The summed E-state index contributed by atoms with van der Waals surface area (Å²) in [5.74, 6) is -0.887. The third-order valence-electron chi connectivity index (χ3n) is 2.24. The summed E-state index contributed by atoms with van der Waals surface area (Å²) in [7, 11) is 0. The lowest BCUT2D eigenvalue weighted by Gasteiger charge is -2.00. The molecule has 0 saturated heterocycles. The molecule has 1 N–H and O–H groups in total. The zero-order valence-electron chi connectivity index (χ0n) is 9.50. The summed E-state index contributed by atoms with van der Waals surface area (Å²) in [6, 6.07) is 10.3. The Hall–Kier alpha value is -2.62. The van der Waals surface area contributed by atoms with Crippen molar-refractivity contribution < 1.29 is 14.0 Å². The van der Waals surface area contributed by atoms with Crippen molar-refractivity contribution in [3.63, 3.8) is 0 Å². The van der Waals surface area contributed by atoms with E-state index >= 15 is 0 Å². The molecular weight excluding hydrogens is 230 g/mol. The van der Waals surface area contributed by atoms with Crippen molar-refractivity contribution in [2.24, 2.45) is 0 Å². The van der Waals surface area contributed by atoms with Crippen LogP contribution in [0.2, 0.25) is 0 Å². The zero-order chi connectivity index (χ0) is 12.8. The molecule has 2 aromatic rings. The van der Waals surface area contributed by atoms with Crippen molar-refractivity contribution in [1.29, 1.82) is 0 Å². The van der Waals surface area contributed by atoms with Gasteiger partial charge in [-0.15, -0.1) is 0 Å². The van der Waals surface area contributed by atoms with Crippen LogP contribution in [-0.2, 0) is 4.79 Å². The highest BCUT2D eigenvalue weighted by Gasteiger charge is 2.06. The van der Waals surface area contributed by atoms with E-state index in [0.29, 0.717) is 5.56 Å². The lowest BCUT2D eigenvalue weighted by atomic mass is 10.2. The quantitative estimate of drug-likeness (QED) is 0.838. The molecule has 0 fully saturated rings. The number of hydrogen-bond acceptors (Lipinski definition) is 3. The van der Waals surface area contributed by atoms with Gasteiger partial charge in [0, 0.05) is 17.2 Å². The molecule has 4 heteroatoms. The fraction of sp³-hybridized carbons (Fsp3) is 0. The zero-order valence-corrected chi connectivity index (χ0v) is 9.50. The van der Waals surface area contributed by atoms with E-state index in [-0.39, 0.29) is 0 Å². The van der Waals surface area contributed by atoms with Gasteiger partial charge in [0.15, 0.2) is 0 Å². The number of nitrogens with one attached hydrogen (secondary N) is 1. The van der Waals surface area contributed by atoms with Crippen LogP contribution in [0.15, 0.2) is 59.4 Å². The fourth-order valence-corrected chi connectivity index (χ4v) is 1.36. The molecule has 2 rings (SSSR count). The minimum Gasteiger partial charge on any atom is -0.472 e. The smallest absolute Gasteiger partial charge is 0.258 e. The van der Waals surface area contributed by atoms with Crippen molar-refractivity contribution in [3.8, 4) is 0 Å². The number of hydrogen-bond donors (Lipinski definition) is 1. The van der Waals surface area contributed by atoms with Gasteiger partial charge in [0.2, 0.25) is 0 Å². The maximum Gasteiger partial charge on any atom is 0.258 e. The first-order valence-corrected chi connectivity index (χ1v) is 5.36. The van der Waals surface area contributed by atoms with Crippen LogP contribution in [0, 0.1) is 0 Å². The van der Waals surface area contributed by atoms with Crippen molar-refractivity contribution in [1.82, 2.24) is 5.32 Å². The van der Waals surface area contributed by atoms with Crippen molar-refractivity contribution in [3.05, 3.63) is 66.1 Å². The van der Waals surface area contributed by atoms with Crippen LogP contribution in [0.5, 0.6) is 0 Å². The van der Waals surface area contributed by atoms with E-state index in [2.05, 4.69) is 5.32 Å². The Morgan fingerprint density at radius 1 is 1.11 bits per heavy atom. The van der Waals surface area contributed by atoms with E-state index in [1.54, 1.807) is 42.5 Å². The molecular formula is C14H11NO3. The van der Waals surface area contributed by atoms with Crippen LogP contribution in [0.1, 0.15) is 15.9 Å². The molecule has 2 amide bonds. The second-order valence-electron chi connectivity index (χ2n) is 3.57. The summed E-state index contributed by atoms with van der Waals surface area (Å²) < 4.78 is 4.85. The predicted octanol–water partition coefficient (Wildman–Crippen LogP) is 2.25. The molecule has 90 valence electrons. The van der Waals surface area contributed by atoms with Gasteiger partial charge in [0.05, 0.1) is 12.5 Å². The first kappa shape index (κ1) is 11.9. The van der Waals surface area contributed by atoms with Crippen LogP contribution in [0.4, 0.5) is 0 Å². The van der Waals surface area contributed by atoms with Gasteiger partial charge >= 0.3 is 0 Å². The van der Waals surface area contributed by atoms with Crippen LogP contribution in [0.3, 0.4) is 0 Å². The van der Waals surface area contributed by atoms with Crippen LogP contribution < -0.4 is 5.32 Å². The van der Waals surface area contributed by atoms with Gasteiger partial charge in [0.25, 0.3) is 11.8 Å². The highest BCUT2D eigenvalue weighted by molar-refractivity contribution is 6.08. The highest BCUT2D eigenvalue weighted by atomic mass is 16.3. The third kappa shape index (κ3) is 3.18. The number of imide groups is 1. The van der Waals surface area contributed by atoms with Crippen molar-refractivity contribution >= 4 is 17.9 Å². The molecule has 0 radical (unpaired) electrons. The van der Waals surface area contributed by atoms with E-state index in [4.69, 9.17) is 4.42 Å². The molecule has 0 bridgehead atoms. The minimum atomic E-state index is -0.468. The van der Waals surface area contributed by atoms with Crippen molar-refractivity contribution in [2.45, 2.75) is 0 Å². The summed E-state index contributed by atoms with van der Waals surface area (Å²) >= 11 is 0. The Kier molecular flexibility index (Phi) is 3.71. The normalized spacial score (nSPS) is 10.4. The average Bonchev–Trinajstić information content (AvgIpc) is 2.90. The molecule has 0 spiro atoms. The summed E-state index contributed by atoms with van der Waals surface area (Å²) in [6.07, 6.45) is 5.86. The number of carbonyl (C=O) groups excluding carboxylic acids is 2. The summed E-state index contributed by atoms with van der Waals surface area (Å²) in [6.45, 7) is 0. The van der Waals surface area contributed by atoms with Gasteiger partial charge in [-0.3, -0.25) is 14.9 Å². The topological polar surface area (TPSA) is 59.3 Å². The second-order valence-corrected chi connectivity index (χ2v) is 3.57. The van der Waals surface area contributed by atoms with E-state index in [9.17, 15) is 9.59 Å². The maximum absolute atomic E-state index is 11.6. The largest absolute Gasteiger partial charge is 0.472 e. The molecule has 0 atom stereocenters. The van der Waals surface area contributed by atoms with E-state index in [0.717, 1.165) is 5.56 Å². The molecule has 0 aliphatic rings. The Morgan fingerprint density at radius 2 is 1.89 bits per heavy atom. The molecule has 1 aromatic carbocycles. The molecule has 18 heavy (non-hydrogen) atoms. The highest BCUT2D eigenvalue weighted by Crippen LogP contribution is 2.02. The monoisotopic (exact) mass is 241 g/mol. The Labute approximate surface area is 104 Å². The molecule has 0 aliphatic heterocycles. The number of furan rings is 1. The number of benzene rings is 1. The van der Waals surface area contributed by atoms with E-state index in [1.807, 2.05) is 0 Å². The van der Waals surface area contributed by atoms with Crippen LogP contribution in [-0.4, -0.2) is 11.8 Å². The van der Waals surface area contributed by atoms with Gasteiger partial charge < -0.3 is 4.42 Å². The predicted molar refractivity (Wildman–Crippen MR) is 66.7 cm³/mol. The second kappa shape index (κ2) is 5.63.